The predicted octanol–water partition coefficient (Wildman–Crippen LogP) is 2.48. The standard InChI is InChI=1S/C12H18N2/c1-12(2)7-11(14(3)9-12)10-5-4-6-13-8-10/h4-6,8,11H,7,9H2,1-3H3/t11-/m1/s1. The van der Waals surface area contributed by atoms with E-state index >= 15 is 0 Å². The Morgan fingerprint density at radius 1 is 1.50 bits per heavy atom. The molecule has 0 spiro atoms. The maximum atomic E-state index is 4.18. The first-order valence-electron chi connectivity index (χ1n) is 5.19. The Labute approximate surface area is 86.0 Å². The van der Waals surface area contributed by atoms with Crippen LogP contribution in [0.2, 0.25) is 0 Å². The van der Waals surface area contributed by atoms with Gasteiger partial charge in [0.15, 0.2) is 0 Å². The Kier molecular flexibility index (Phi) is 2.31. The van der Waals surface area contributed by atoms with Crippen molar-refractivity contribution in [3.63, 3.8) is 0 Å². The minimum Gasteiger partial charge on any atom is -0.299 e. The summed E-state index contributed by atoms with van der Waals surface area (Å²) >= 11 is 0. The van der Waals surface area contributed by atoms with Gasteiger partial charge in [-0.1, -0.05) is 19.9 Å². The van der Waals surface area contributed by atoms with Gasteiger partial charge in [-0.25, -0.2) is 0 Å². The van der Waals surface area contributed by atoms with Gasteiger partial charge in [0.2, 0.25) is 0 Å². The second kappa shape index (κ2) is 3.35. The van der Waals surface area contributed by atoms with Crippen molar-refractivity contribution < 1.29 is 0 Å². The lowest BCUT2D eigenvalue weighted by molar-refractivity contribution is 0.299. The van der Waals surface area contributed by atoms with Crippen LogP contribution < -0.4 is 0 Å². The van der Waals surface area contributed by atoms with Crippen molar-refractivity contribution >= 4 is 0 Å². The third-order valence-corrected chi connectivity index (χ3v) is 3.02. The van der Waals surface area contributed by atoms with Crippen molar-refractivity contribution in [1.29, 1.82) is 0 Å². The third-order valence-electron chi connectivity index (χ3n) is 3.02. The average molecular weight is 190 g/mol. The lowest BCUT2D eigenvalue weighted by Crippen LogP contribution is -2.20. The molecule has 0 amide bonds. The van der Waals surface area contributed by atoms with Crippen LogP contribution in [-0.2, 0) is 0 Å². The maximum absolute atomic E-state index is 4.18. The van der Waals surface area contributed by atoms with Crippen molar-refractivity contribution in [2.45, 2.75) is 26.3 Å². The van der Waals surface area contributed by atoms with Crippen molar-refractivity contribution in [1.82, 2.24) is 9.88 Å². The number of likely N-dealkylation sites (tertiary alicyclic amines) is 1. The van der Waals surface area contributed by atoms with E-state index in [2.05, 4.69) is 36.8 Å². The molecule has 2 heteroatoms. The van der Waals surface area contributed by atoms with Crippen molar-refractivity contribution in [3.8, 4) is 0 Å². The Morgan fingerprint density at radius 3 is 2.79 bits per heavy atom. The first-order chi connectivity index (χ1) is 6.58. The van der Waals surface area contributed by atoms with Crippen LogP contribution in [0.4, 0.5) is 0 Å². The number of aromatic nitrogens is 1. The fourth-order valence-electron chi connectivity index (χ4n) is 2.47. The molecular weight excluding hydrogens is 172 g/mol. The van der Waals surface area contributed by atoms with Crippen LogP contribution in [0.15, 0.2) is 24.5 Å². The molecule has 14 heavy (non-hydrogen) atoms. The van der Waals surface area contributed by atoms with E-state index in [9.17, 15) is 0 Å². The van der Waals surface area contributed by atoms with Gasteiger partial charge in [-0.3, -0.25) is 9.88 Å². The molecule has 1 aliphatic heterocycles. The van der Waals surface area contributed by atoms with Crippen LogP contribution in [0.5, 0.6) is 0 Å². The minimum absolute atomic E-state index is 0.440. The number of hydrogen-bond donors (Lipinski definition) is 0. The van der Waals surface area contributed by atoms with Crippen LogP contribution in [0.3, 0.4) is 0 Å². The molecule has 1 fully saturated rings. The van der Waals surface area contributed by atoms with Crippen LogP contribution in [0.25, 0.3) is 0 Å². The molecule has 76 valence electrons. The number of pyridine rings is 1. The molecule has 0 saturated carbocycles. The number of nitrogens with zero attached hydrogens (tertiary/aromatic N) is 2. The van der Waals surface area contributed by atoms with Gasteiger partial charge in [0, 0.05) is 25.0 Å². The molecule has 1 aromatic heterocycles. The Morgan fingerprint density at radius 2 is 2.29 bits per heavy atom. The van der Waals surface area contributed by atoms with Crippen molar-refractivity contribution in [2.24, 2.45) is 5.41 Å². The highest BCUT2D eigenvalue weighted by atomic mass is 15.2. The SMILES string of the molecule is CN1CC(C)(C)C[C@@H]1c1cccnc1. The smallest absolute Gasteiger partial charge is 0.0366 e. The summed E-state index contributed by atoms with van der Waals surface area (Å²) in [6.45, 7) is 5.84. The molecule has 0 N–H and O–H groups in total. The topological polar surface area (TPSA) is 16.1 Å². The van der Waals surface area contributed by atoms with Gasteiger partial charge in [-0.05, 0) is 30.5 Å². The van der Waals surface area contributed by atoms with Gasteiger partial charge in [0.25, 0.3) is 0 Å². The summed E-state index contributed by atoms with van der Waals surface area (Å²) in [5, 5.41) is 0. The van der Waals surface area contributed by atoms with E-state index in [1.165, 1.54) is 18.5 Å². The molecule has 2 heterocycles. The van der Waals surface area contributed by atoms with Gasteiger partial charge in [-0.15, -0.1) is 0 Å². The zero-order valence-corrected chi connectivity index (χ0v) is 9.20. The minimum atomic E-state index is 0.440. The zero-order chi connectivity index (χ0) is 10.2. The van der Waals surface area contributed by atoms with E-state index in [-0.39, 0.29) is 0 Å². The molecule has 0 aliphatic carbocycles. The second-order valence-electron chi connectivity index (χ2n) is 5.09. The largest absolute Gasteiger partial charge is 0.299 e. The van der Waals surface area contributed by atoms with Gasteiger partial charge in [0.05, 0.1) is 0 Å². The fourth-order valence-corrected chi connectivity index (χ4v) is 2.47. The monoisotopic (exact) mass is 190 g/mol. The molecular formula is C12H18N2. The highest BCUT2D eigenvalue weighted by Crippen LogP contribution is 2.40. The van der Waals surface area contributed by atoms with E-state index < -0.39 is 0 Å². The molecule has 0 radical (unpaired) electrons. The molecule has 0 bridgehead atoms. The number of rotatable bonds is 1. The zero-order valence-electron chi connectivity index (χ0n) is 9.20. The van der Waals surface area contributed by atoms with Crippen LogP contribution in [0, 0.1) is 5.41 Å². The third kappa shape index (κ3) is 1.80. The van der Waals surface area contributed by atoms with Gasteiger partial charge >= 0.3 is 0 Å². The van der Waals surface area contributed by atoms with Gasteiger partial charge in [0.1, 0.15) is 0 Å². The van der Waals surface area contributed by atoms with Gasteiger partial charge < -0.3 is 0 Å². The first kappa shape index (κ1) is 9.66. The summed E-state index contributed by atoms with van der Waals surface area (Å²) in [7, 11) is 2.20. The summed E-state index contributed by atoms with van der Waals surface area (Å²) in [5.74, 6) is 0. The van der Waals surface area contributed by atoms with Crippen LogP contribution in [-0.4, -0.2) is 23.5 Å². The highest BCUT2D eigenvalue weighted by molar-refractivity contribution is 5.16. The summed E-state index contributed by atoms with van der Waals surface area (Å²) in [6, 6.07) is 4.75. The molecule has 1 aromatic rings. The van der Waals surface area contributed by atoms with Crippen LogP contribution >= 0.6 is 0 Å². The Balaban J connectivity index is 2.21. The molecule has 2 nitrogen and oxygen atoms in total. The van der Waals surface area contributed by atoms with E-state index in [1.807, 2.05) is 18.5 Å². The summed E-state index contributed by atoms with van der Waals surface area (Å²) in [4.78, 5) is 6.61. The predicted molar refractivity (Wildman–Crippen MR) is 58.0 cm³/mol. The fraction of sp³-hybridized carbons (Fsp3) is 0.583. The molecule has 1 aliphatic rings. The summed E-state index contributed by atoms with van der Waals surface area (Å²) < 4.78 is 0. The first-order valence-corrected chi connectivity index (χ1v) is 5.19. The second-order valence-corrected chi connectivity index (χ2v) is 5.09. The van der Waals surface area contributed by atoms with Gasteiger partial charge in [-0.2, -0.15) is 0 Å². The van der Waals surface area contributed by atoms with Crippen molar-refractivity contribution in [2.75, 3.05) is 13.6 Å². The Bertz CT molecular complexity index is 305. The number of hydrogen-bond acceptors (Lipinski definition) is 2. The quantitative estimate of drug-likeness (QED) is 0.676. The molecule has 0 aromatic carbocycles. The van der Waals surface area contributed by atoms with Crippen LogP contribution in [0.1, 0.15) is 31.9 Å². The molecule has 1 atom stereocenters. The molecule has 1 saturated heterocycles. The average Bonchev–Trinajstić information content (AvgIpc) is 2.41. The highest BCUT2D eigenvalue weighted by Gasteiger charge is 2.35. The van der Waals surface area contributed by atoms with E-state index in [0.717, 1.165) is 0 Å². The normalized spacial score (nSPS) is 26.6. The maximum Gasteiger partial charge on any atom is 0.0366 e. The summed E-state index contributed by atoms with van der Waals surface area (Å²) in [5.41, 5.74) is 1.79. The Hall–Kier alpha value is -0.890. The van der Waals surface area contributed by atoms with Crippen molar-refractivity contribution in [3.05, 3.63) is 30.1 Å². The summed E-state index contributed by atoms with van der Waals surface area (Å²) in [6.07, 6.45) is 5.06. The van der Waals surface area contributed by atoms with E-state index in [4.69, 9.17) is 0 Å². The molecule has 0 unspecified atom stereocenters. The molecule has 2 rings (SSSR count). The lowest BCUT2D eigenvalue weighted by atomic mass is 9.89. The van der Waals surface area contributed by atoms with E-state index in [1.54, 1.807) is 0 Å². The lowest BCUT2D eigenvalue weighted by Gasteiger charge is -2.18. The van der Waals surface area contributed by atoms with E-state index in [0.29, 0.717) is 11.5 Å².